The van der Waals surface area contributed by atoms with E-state index in [0.717, 1.165) is 43.7 Å². The highest BCUT2D eigenvalue weighted by atomic mass is 16.2. The third-order valence-electron chi connectivity index (χ3n) is 4.55. The van der Waals surface area contributed by atoms with Crippen LogP contribution in [0.3, 0.4) is 0 Å². The summed E-state index contributed by atoms with van der Waals surface area (Å²) in [5.74, 6) is 0.0538. The maximum atomic E-state index is 13.2. The minimum atomic E-state index is 0.0538. The van der Waals surface area contributed by atoms with Gasteiger partial charge < -0.3 is 10.2 Å². The lowest BCUT2D eigenvalue weighted by atomic mass is 10.1. The van der Waals surface area contributed by atoms with Crippen molar-refractivity contribution in [3.8, 4) is 0 Å². The van der Waals surface area contributed by atoms with E-state index in [9.17, 15) is 4.79 Å². The molecule has 0 aromatic carbocycles. The van der Waals surface area contributed by atoms with Crippen molar-refractivity contribution in [2.45, 2.75) is 38.8 Å². The summed E-state index contributed by atoms with van der Waals surface area (Å²) in [6, 6.07) is 6.07. The van der Waals surface area contributed by atoms with Gasteiger partial charge in [0.15, 0.2) is 0 Å². The number of rotatable bonds is 4. The molecule has 3 heterocycles. The van der Waals surface area contributed by atoms with Crippen molar-refractivity contribution in [2.75, 3.05) is 13.1 Å². The van der Waals surface area contributed by atoms with Crippen LogP contribution in [0.15, 0.2) is 30.6 Å². The van der Waals surface area contributed by atoms with Crippen LogP contribution in [-0.2, 0) is 13.6 Å². The SMILES string of the molecule is Cc1nn(C)cc1C(=O)N(Cc1ccccn1)[C@@H]1CCCNCC1. The van der Waals surface area contributed by atoms with Crippen molar-refractivity contribution < 1.29 is 4.79 Å². The summed E-state index contributed by atoms with van der Waals surface area (Å²) in [6.07, 6.45) is 6.67. The molecule has 6 heteroatoms. The molecule has 1 fully saturated rings. The Labute approximate surface area is 142 Å². The van der Waals surface area contributed by atoms with Gasteiger partial charge in [-0.05, 0) is 51.4 Å². The number of amides is 1. The molecule has 0 unspecified atom stereocenters. The summed E-state index contributed by atoms with van der Waals surface area (Å²) >= 11 is 0. The molecular formula is C18H25N5O. The molecule has 2 aromatic rings. The highest BCUT2D eigenvalue weighted by molar-refractivity contribution is 5.95. The van der Waals surface area contributed by atoms with Gasteiger partial charge in [0.1, 0.15) is 0 Å². The van der Waals surface area contributed by atoms with Crippen molar-refractivity contribution in [2.24, 2.45) is 7.05 Å². The van der Waals surface area contributed by atoms with Crippen LogP contribution in [0.4, 0.5) is 0 Å². The van der Waals surface area contributed by atoms with Gasteiger partial charge in [0.25, 0.3) is 5.91 Å². The molecule has 1 saturated heterocycles. The Balaban J connectivity index is 1.88. The molecule has 0 saturated carbocycles. The number of aryl methyl sites for hydroxylation is 2. The largest absolute Gasteiger partial charge is 0.330 e. The van der Waals surface area contributed by atoms with Crippen molar-refractivity contribution >= 4 is 5.91 Å². The van der Waals surface area contributed by atoms with Crippen molar-refractivity contribution in [3.05, 3.63) is 47.5 Å². The first-order valence-corrected chi connectivity index (χ1v) is 8.57. The van der Waals surface area contributed by atoms with Gasteiger partial charge in [-0.1, -0.05) is 6.07 Å². The fraction of sp³-hybridized carbons (Fsp3) is 0.500. The van der Waals surface area contributed by atoms with Gasteiger partial charge >= 0.3 is 0 Å². The zero-order valence-corrected chi connectivity index (χ0v) is 14.4. The summed E-state index contributed by atoms with van der Waals surface area (Å²) in [5.41, 5.74) is 2.38. The van der Waals surface area contributed by atoms with Crippen molar-refractivity contribution in [1.29, 1.82) is 0 Å². The summed E-state index contributed by atoms with van der Waals surface area (Å²) in [7, 11) is 1.85. The number of nitrogens with one attached hydrogen (secondary N) is 1. The first-order valence-electron chi connectivity index (χ1n) is 8.57. The Morgan fingerprint density at radius 1 is 1.38 bits per heavy atom. The number of nitrogens with zero attached hydrogens (tertiary/aromatic N) is 4. The Morgan fingerprint density at radius 3 is 2.96 bits per heavy atom. The number of carbonyl (C=O) groups is 1. The van der Waals surface area contributed by atoms with E-state index < -0.39 is 0 Å². The first-order chi connectivity index (χ1) is 11.6. The predicted molar refractivity (Wildman–Crippen MR) is 92.6 cm³/mol. The van der Waals surface area contributed by atoms with Crippen molar-refractivity contribution in [3.63, 3.8) is 0 Å². The summed E-state index contributed by atoms with van der Waals surface area (Å²) in [6.45, 7) is 4.40. The average molecular weight is 327 g/mol. The molecule has 0 spiro atoms. The maximum Gasteiger partial charge on any atom is 0.257 e. The molecule has 1 amide bonds. The molecule has 6 nitrogen and oxygen atoms in total. The Hall–Kier alpha value is -2.21. The zero-order chi connectivity index (χ0) is 16.9. The Kier molecular flexibility index (Phi) is 5.25. The Bertz CT molecular complexity index is 674. The van der Waals surface area contributed by atoms with E-state index in [1.165, 1.54) is 0 Å². The molecule has 2 aromatic heterocycles. The number of aromatic nitrogens is 3. The predicted octanol–water partition coefficient (Wildman–Crippen LogP) is 1.91. The van der Waals surface area contributed by atoms with E-state index in [1.54, 1.807) is 10.9 Å². The molecular weight excluding hydrogens is 302 g/mol. The first kappa shape index (κ1) is 16.6. The molecule has 3 rings (SSSR count). The fourth-order valence-corrected chi connectivity index (χ4v) is 3.31. The number of hydrogen-bond donors (Lipinski definition) is 1. The second kappa shape index (κ2) is 7.57. The van der Waals surface area contributed by atoms with E-state index in [2.05, 4.69) is 15.4 Å². The minimum Gasteiger partial charge on any atom is -0.330 e. The van der Waals surface area contributed by atoms with Gasteiger partial charge in [-0.15, -0.1) is 0 Å². The van der Waals surface area contributed by atoms with Gasteiger partial charge in [0.05, 0.1) is 23.5 Å². The van der Waals surface area contributed by atoms with E-state index in [0.29, 0.717) is 12.1 Å². The number of pyridine rings is 1. The van der Waals surface area contributed by atoms with Gasteiger partial charge in [-0.25, -0.2) is 0 Å². The molecule has 128 valence electrons. The van der Waals surface area contributed by atoms with Crippen LogP contribution >= 0.6 is 0 Å². The molecule has 1 aliphatic heterocycles. The second-order valence-electron chi connectivity index (χ2n) is 6.39. The quantitative estimate of drug-likeness (QED) is 0.932. The van der Waals surface area contributed by atoms with Gasteiger partial charge in [0, 0.05) is 25.5 Å². The highest BCUT2D eigenvalue weighted by Crippen LogP contribution is 2.20. The van der Waals surface area contributed by atoms with Crippen LogP contribution in [-0.4, -0.2) is 44.7 Å². The lowest BCUT2D eigenvalue weighted by Crippen LogP contribution is -2.40. The van der Waals surface area contributed by atoms with Gasteiger partial charge in [-0.2, -0.15) is 5.10 Å². The van der Waals surface area contributed by atoms with Crippen LogP contribution < -0.4 is 5.32 Å². The lowest BCUT2D eigenvalue weighted by molar-refractivity contribution is 0.0641. The van der Waals surface area contributed by atoms with Crippen LogP contribution in [0.25, 0.3) is 0 Å². The van der Waals surface area contributed by atoms with Crippen LogP contribution in [0.1, 0.15) is 41.0 Å². The average Bonchev–Trinajstić information content (AvgIpc) is 2.79. The molecule has 24 heavy (non-hydrogen) atoms. The highest BCUT2D eigenvalue weighted by Gasteiger charge is 2.28. The van der Waals surface area contributed by atoms with E-state index >= 15 is 0 Å². The fourth-order valence-electron chi connectivity index (χ4n) is 3.31. The monoisotopic (exact) mass is 327 g/mol. The van der Waals surface area contributed by atoms with E-state index in [1.807, 2.05) is 43.3 Å². The molecule has 1 atom stereocenters. The Morgan fingerprint density at radius 2 is 2.25 bits per heavy atom. The third kappa shape index (κ3) is 3.82. The van der Waals surface area contributed by atoms with E-state index in [4.69, 9.17) is 0 Å². The summed E-state index contributed by atoms with van der Waals surface area (Å²) in [4.78, 5) is 19.6. The summed E-state index contributed by atoms with van der Waals surface area (Å²) < 4.78 is 1.70. The van der Waals surface area contributed by atoms with Gasteiger partial charge in [-0.3, -0.25) is 14.5 Å². The number of carbonyl (C=O) groups excluding carboxylic acids is 1. The van der Waals surface area contributed by atoms with Crippen LogP contribution in [0.5, 0.6) is 0 Å². The van der Waals surface area contributed by atoms with Gasteiger partial charge in [0.2, 0.25) is 0 Å². The van der Waals surface area contributed by atoms with Crippen molar-refractivity contribution in [1.82, 2.24) is 25.0 Å². The molecule has 0 aliphatic carbocycles. The standard InChI is InChI=1S/C18H25N5O/c1-14-17(13-22(2)21-14)18(24)23(12-15-6-3-4-10-20-15)16-7-5-9-19-11-8-16/h3-4,6,10,13,16,19H,5,7-9,11-12H2,1-2H3/t16-/m1/s1. The second-order valence-corrected chi connectivity index (χ2v) is 6.39. The molecule has 1 N–H and O–H groups in total. The summed E-state index contributed by atoms with van der Waals surface area (Å²) in [5, 5.41) is 7.75. The van der Waals surface area contributed by atoms with Crippen LogP contribution in [0, 0.1) is 6.92 Å². The number of hydrogen-bond acceptors (Lipinski definition) is 4. The van der Waals surface area contributed by atoms with E-state index in [-0.39, 0.29) is 11.9 Å². The minimum absolute atomic E-state index is 0.0538. The topological polar surface area (TPSA) is 63.1 Å². The normalized spacial score (nSPS) is 18.2. The maximum absolute atomic E-state index is 13.2. The lowest BCUT2D eigenvalue weighted by Gasteiger charge is -2.31. The smallest absolute Gasteiger partial charge is 0.257 e. The molecule has 0 radical (unpaired) electrons. The van der Waals surface area contributed by atoms with Crippen LogP contribution in [0.2, 0.25) is 0 Å². The molecule has 1 aliphatic rings. The third-order valence-corrected chi connectivity index (χ3v) is 4.55. The molecule has 0 bridgehead atoms. The zero-order valence-electron chi connectivity index (χ0n) is 14.4.